The monoisotopic (exact) mass is 432 g/mol. The van der Waals surface area contributed by atoms with Crippen molar-refractivity contribution in [3.63, 3.8) is 0 Å². The number of amides is 1. The topological polar surface area (TPSA) is 84.0 Å². The number of Topliss-reactive ketones (excluding diaryl/α,β-unsaturated/α-hetero) is 1. The summed E-state index contributed by atoms with van der Waals surface area (Å²) in [6.45, 7) is 4.12. The predicted octanol–water partition coefficient (Wildman–Crippen LogP) is 4.31. The van der Waals surface area contributed by atoms with Gasteiger partial charge < -0.3 is 10.6 Å². The molecule has 2 aromatic heterocycles. The fraction of sp³-hybridized carbons (Fsp3) is 0.263. The van der Waals surface area contributed by atoms with Crippen LogP contribution in [0.15, 0.2) is 40.7 Å². The lowest BCUT2D eigenvalue weighted by Gasteiger charge is -2.01. The zero-order valence-corrected chi connectivity index (χ0v) is 18.0. The third-order valence-corrected chi connectivity index (χ3v) is 6.88. The van der Waals surface area contributed by atoms with Gasteiger partial charge in [-0.15, -0.1) is 21.5 Å². The summed E-state index contributed by atoms with van der Waals surface area (Å²) in [4.78, 5) is 25.1. The van der Waals surface area contributed by atoms with E-state index in [0.717, 1.165) is 26.2 Å². The van der Waals surface area contributed by atoms with Gasteiger partial charge in [-0.25, -0.2) is 0 Å². The molecule has 0 atom stereocenters. The van der Waals surface area contributed by atoms with Gasteiger partial charge >= 0.3 is 0 Å². The minimum atomic E-state index is -0.0439. The van der Waals surface area contributed by atoms with E-state index in [1.54, 1.807) is 0 Å². The lowest BCUT2D eigenvalue weighted by atomic mass is 10.2. The molecule has 1 aromatic carbocycles. The lowest BCUT2D eigenvalue weighted by Crippen LogP contribution is -2.22. The molecule has 0 aliphatic heterocycles. The van der Waals surface area contributed by atoms with Crippen LogP contribution < -0.4 is 10.6 Å². The van der Waals surface area contributed by atoms with Crippen LogP contribution in [0.2, 0.25) is 0 Å². The molecule has 0 aliphatic rings. The van der Waals surface area contributed by atoms with Crippen molar-refractivity contribution in [2.45, 2.75) is 24.6 Å². The lowest BCUT2D eigenvalue weighted by molar-refractivity contribution is -0.118. The van der Waals surface area contributed by atoms with Crippen LogP contribution in [0.4, 0.5) is 10.8 Å². The van der Waals surface area contributed by atoms with Crippen LogP contribution in [0.25, 0.3) is 0 Å². The molecule has 2 heterocycles. The third kappa shape index (κ3) is 6.15. The van der Waals surface area contributed by atoms with Crippen LogP contribution in [-0.2, 0) is 11.2 Å². The standard InChI is InChI=1S/C19H20N4O2S3/c1-12-3-5-14(6-4-12)21-18-22-23-19(28-18)26-11-16(25)17-8-7-15(27-17)9-10-20-13(2)24/h3-8H,9-11H2,1-2H3,(H,20,24)(H,21,22). The zero-order chi connectivity index (χ0) is 19.9. The van der Waals surface area contributed by atoms with Gasteiger partial charge in [-0.05, 0) is 37.6 Å². The maximum atomic E-state index is 12.4. The number of nitrogens with one attached hydrogen (secondary N) is 2. The minimum Gasteiger partial charge on any atom is -0.356 e. The van der Waals surface area contributed by atoms with Crippen molar-refractivity contribution < 1.29 is 9.59 Å². The Balaban J connectivity index is 1.48. The van der Waals surface area contributed by atoms with Crippen LogP contribution >= 0.6 is 34.4 Å². The third-order valence-electron chi connectivity index (χ3n) is 3.72. The molecule has 0 spiro atoms. The molecule has 0 fully saturated rings. The van der Waals surface area contributed by atoms with E-state index in [1.165, 1.54) is 46.9 Å². The molecule has 3 aromatic rings. The summed E-state index contributed by atoms with van der Waals surface area (Å²) >= 11 is 4.30. The number of aryl methyl sites for hydroxylation is 1. The van der Waals surface area contributed by atoms with Gasteiger partial charge in [-0.3, -0.25) is 9.59 Å². The van der Waals surface area contributed by atoms with Gasteiger partial charge in [0, 0.05) is 24.0 Å². The molecule has 1 amide bonds. The van der Waals surface area contributed by atoms with E-state index >= 15 is 0 Å². The summed E-state index contributed by atoms with van der Waals surface area (Å²) in [5.41, 5.74) is 2.16. The quantitative estimate of drug-likeness (QED) is 0.387. The summed E-state index contributed by atoms with van der Waals surface area (Å²) < 4.78 is 0.755. The van der Waals surface area contributed by atoms with E-state index in [2.05, 4.69) is 20.8 Å². The molecule has 3 rings (SSSR count). The number of carbonyl (C=O) groups is 2. The van der Waals surface area contributed by atoms with Crippen LogP contribution in [0, 0.1) is 6.92 Å². The first kappa shape index (κ1) is 20.5. The van der Waals surface area contributed by atoms with Crippen LogP contribution in [0.1, 0.15) is 27.0 Å². The van der Waals surface area contributed by atoms with E-state index in [9.17, 15) is 9.59 Å². The number of carbonyl (C=O) groups excluding carboxylic acids is 2. The molecule has 0 saturated heterocycles. The summed E-state index contributed by atoms with van der Waals surface area (Å²) in [5.74, 6) is 0.353. The molecule has 0 bridgehead atoms. The molecular formula is C19H20N4O2S3. The van der Waals surface area contributed by atoms with Gasteiger partial charge in [0.1, 0.15) is 0 Å². The Bertz CT molecular complexity index is 950. The normalized spacial score (nSPS) is 10.6. The van der Waals surface area contributed by atoms with Gasteiger partial charge in [0.15, 0.2) is 10.1 Å². The number of thioether (sulfide) groups is 1. The number of anilines is 2. The molecule has 146 valence electrons. The van der Waals surface area contributed by atoms with Crippen molar-refractivity contribution in [2.24, 2.45) is 0 Å². The minimum absolute atomic E-state index is 0.0439. The molecule has 6 nitrogen and oxygen atoms in total. The van der Waals surface area contributed by atoms with E-state index in [-0.39, 0.29) is 11.7 Å². The van der Waals surface area contributed by atoms with Crippen molar-refractivity contribution in [1.29, 1.82) is 0 Å². The van der Waals surface area contributed by atoms with Gasteiger partial charge in [0.2, 0.25) is 11.0 Å². The van der Waals surface area contributed by atoms with E-state index < -0.39 is 0 Å². The second-order valence-corrected chi connectivity index (χ2v) is 9.44. The number of benzene rings is 1. The molecule has 0 unspecified atom stereocenters. The largest absolute Gasteiger partial charge is 0.356 e. The van der Waals surface area contributed by atoms with E-state index in [1.807, 2.05) is 43.3 Å². The number of hydrogen-bond donors (Lipinski definition) is 2. The highest BCUT2D eigenvalue weighted by molar-refractivity contribution is 8.01. The highest BCUT2D eigenvalue weighted by Crippen LogP contribution is 2.29. The Kier molecular flexibility index (Phi) is 7.18. The molecule has 0 aliphatic carbocycles. The van der Waals surface area contributed by atoms with Gasteiger partial charge in [0.05, 0.1) is 10.6 Å². The first-order chi connectivity index (χ1) is 13.5. The zero-order valence-electron chi connectivity index (χ0n) is 15.5. The van der Waals surface area contributed by atoms with Crippen molar-refractivity contribution in [1.82, 2.24) is 15.5 Å². The predicted molar refractivity (Wildman–Crippen MR) is 116 cm³/mol. The second kappa shape index (κ2) is 9.81. The summed E-state index contributed by atoms with van der Waals surface area (Å²) in [6, 6.07) is 11.8. The summed E-state index contributed by atoms with van der Waals surface area (Å²) in [6.07, 6.45) is 0.731. The van der Waals surface area contributed by atoms with Gasteiger partial charge in [0.25, 0.3) is 0 Å². The molecule has 9 heteroatoms. The Hall–Kier alpha value is -2.23. The van der Waals surface area contributed by atoms with E-state index in [0.29, 0.717) is 17.4 Å². The number of ketones is 1. The fourth-order valence-electron chi connectivity index (χ4n) is 2.30. The Morgan fingerprint density at radius 3 is 2.61 bits per heavy atom. The highest BCUT2D eigenvalue weighted by Gasteiger charge is 2.12. The molecule has 28 heavy (non-hydrogen) atoms. The Morgan fingerprint density at radius 1 is 1.07 bits per heavy atom. The van der Waals surface area contributed by atoms with Crippen molar-refractivity contribution in [2.75, 3.05) is 17.6 Å². The molecule has 2 N–H and O–H groups in total. The average molecular weight is 433 g/mol. The molecule has 0 radical (unpaired) electrons. The van der Waals surface area contributed by atoms with Crippen molar-refractivity contribution >= 4 is 56.9 Å². The summed E-state index contributed by atoms with van der Waals surface area (Å²) in [5, 5.41) is 15.0. The van der Waals surface area contributed by atoms with Crippen molar-refractivity contribution in [3.8, 4) is 0 Å². The first-order valence-electron chi connectivity index (χ1n) is 8.66. The second-order valence-electron chi connectivity index (χ2n) is 6.07. The van der Waals surface area contributed by atoms with Gasteiger partial charge in [-0.1, -0.05) is 40.8 Å². The maximum absolute atomic E-state index is 12.4. The maximum Gasteiger partial charge on any atom is 0.216 e. The van der Waals surface area contributed by atoms with Crippen LogP contribution in [0.5, 0.6) is 0 Å². The highest BCUT2D eigenvalue weighted by atomic mass is 32.2. The average Bonchev–Trinajstić information content (AvgIpc) is 3.31. The molecule has 0 saturated carbocycles. The Morgan fingerprint density at radius 2 is 1.86 bits per heavy atom. The van der Waals surface area contributed by atoms with Crippen molar-refractivity contribution in [3.05, 3.63) is 51.7 Å². The number of hydrogen-bond acceptors (Lipinski definition) is 8. The first-order valence-corrected chi connectivity index (χ1v) is 11.3. The number of thiophene rings is 1. The van der Waals surface area contributed by atoms with E-state index in [4.69, 9.17) is 0 Å². The smallest absolute Gasteiger partial charge is 0.216 e. The number of rotatable bonds is 9. The van der Waals surface area contributed by atoms with Crippen LogP contribution in [0.3, 0.4) is 0 Å². The Labute approximate surface area is 175 Å². The number of nitrogens with zero attached hydrogens (tertiary/aromatic N) is 2. The number of aromatic nitrogens is 2. The van der Waals surface area contributed by atoms with Crippen LogP contribution in [-0.4, -0.2) is 34.2 Å². The SMILES string of the molecule is CC(=O)NCCc1ccc(C(=O)CSc2nnc(Nc3ccc(C)cc3)s2)s1. The molecular weight excluding hydrogens is 412 g/mol. The van der Waals surface area contributed by atoms with Gasteiger partial charge in [-0.2, -0.15) is 0 Å². The summed E-state index contributed by atoms with van der Waals surface area (Å²) in [7, 11) is 0. The fourth-order valence-corrected chi connectivity index (χ4v) is 4.99.